The SMILES string of the molecule is CCC(C)(CN)N1CCC1. The van der Waals surface area contributed by atoms with Gasteiger partial charge in [-0.3, -0.25) is 4.90 Å². The van der Waals surface area contributed by atoms with Gasteiger partial charge in [0, 0.05) is 12.1 Å². The Morgan fingerprint density at radius 2 is 2.10 bits per heavy atom. The van der Waals surface area contributed by atoms with Gasteiger partial charge in [-0.1, -0.05) is 6.92 Å². The topological polar surface area (TPSA) is 29.3 Å². The monoisotopic (exact) mass is 142 g/mol. The first kappa shape index (κ1) is 8.02. The summed E-state index contributed by atoms with van der Waals surface area (Å²) in [5, 5.41) is 0. The maximum absolute atomic E-state index is 5.69. The quantitative estimate of drug-likeness (QED) is 0.632. The summed E-state index contributed by atoms with van der Waals surface area (Å²) >= 11 is 0. The van der Waals surface area contributed by atoms with Crippen LogP contribution in [0, 0.1) is 0 Å². The Morgan fingerprint density at radius 3 is 2.20 bits per heavy atom. The van der Waals surface area contributed by atoms with Gasteiger partial charge in [-0.25, -0.2) is 0 Å². The van der Waals surface area contributed by atoms with Crippen LogP contribution < -0.4 is 5.73 Å². The lowest BCUT2D eigenvalue weighted by atomic mass is 9.93. The van der Waals surface area contributed by atoms with Crippen molar-refractivity contribution in [2.24, 2.45) is 5.73 Å². The van der Waals surface area contributed by atoms with Gasteiger partial charge in [-0.2, -0.15) is 0 Å². The van der Waals surface area contributed by atoms with Crippen LogP contribution >= 0.6 is 0 Å². The van der Waals surface area contributed by atoms with E-state index in [4.69, 9.17) is 5.73 Å². The highest BCUT2D eigenvalue weighted by Gasteiger charge is 2.31. The molecular weight excluding hydrogens is 124 g/mol. The maximum atomic E-state index is 5.69. The van der Waals surface area contributed by atoms with Crippen LogP contribution in [-0.4, -0.2) is 30.1 Å². The first-order chi connectivity index (χ1) is 4.73. The van der Waals surface area contributed by atoms with Crippen LogP contribution in [0.3, 0.4) is 0 Å². The molecule has 0 amide bonds. The highest BCUT2D eigenvalue weighted by molar-refractivity contribution is 4.89. The van der Waals surface area contributed by atoms with Gasteiger partial charge < -0.3 is 5.73 Å². The fourth-order valence-corrected chi connectivity index (χ4v) is 1.35. The van der Waals surface area contributed by atoms with E-state index in [0.717, 1.165) is 6.54 Å². The minimum absolute atomic E-state index is 0.290. The standard InChI is InChI=1S/C8H18N2/c1-3-8(2,7-9)10-5-4-6-10/h3-7,9H2,1-2H3. The van der Waals surface area contributed by atoms with Gasteiger partial charge >= 0.3 is 0 Å². The van der Waals surface area contributed by atoms with Crippen molar-refractivity contribution < 1.29 is 0 Å². The highest BCUT2D eigenvalue weighted by Crippen LogP contribution is 2.23. The fraction of sp³-hybridized carbons (Fsp3) is 1.00. The molecule has 1 rings (SSSR count). The fourth-order valence-electron chi connectivity index (χ4n) is 1.35. The number of likely N-dealkylation sites (tertiary alicyclic amines) is 1. The summed E-state index contributed by atoms with van der Waals surface area (Å²) in [4.78, 5) is 2.48. The predicted octanol–water partition coefficient (Wildman–Crippen LogP) is 0.820. The van der Waals surface area contributed by atoms with Gasteiger partial charge in [-0.05, 0) is 32.9 Å². The van der Waals surface area contributed by atoms with Crippen molar-refractivity contribution in [3.8, 4) is 0 Å². The number of hydrogen-bond donors (Lipinski definition) is 1. The molecule has 1 aliphatic rings. The van der Waals surface area contributed by atoms with Crippen molar-refractivity contribution in [1.82, 2.24) is 4.90 Å². The molecule has 0 saturated carbocycles. The second-order valence-corrected chi connectivity index (χ2v) is 3.40. The van der Waals surface area contributed by atoms with Crippen molar-refractivity contribution in [3.63, 3.8) is 0 Å². The minimum atomic E-state index is 0.290. The van der Waals surface area contributed by atoms with E-state index in [9.17, 15) is 0 Å². The molecule has 0 aromatic rings. The van der Waals surface area contributed by atoms with E-state index in [1.165, 1.54) is 25.9 Å². The normalized spacial score (nSPS) is 25.5. The lowest BCUT2D eigenvalue weighted by Gasteiger charge is -2.45. The predicted molar refractivity (Wildman–Crippen MR) is 43.9 cm³/mol. The molecule has 0 aliphatic carbocycles. The summed E-state index contributed by atoms with van der Waals surface area (Å²) in [6, 6.07) is 0. The van der Waals surface area contributed by atoms with Crippen LogP contribution in [0.25, 0.3) is 0 Å². The lowest BCUT2D eigenvalue weighted by molar-refractivity contribution is 0.0451. The Kier molecular flexibility index (Phi) is 2.32. The Bertz CT molecular complexity index is 104. The molecule has 0 bridgehead atoms. The summed E-state index contributed by atoms with van der Waals surface area (Å²) in [6.07, 6.45) is 2.53. The molecule has 1 atom stereocenters. The Hall–Kier alpha value is -0.0800. The van der Waals surface area contributed by atoms with Gasteiger partial charge in [-0.15, -0.1) is 0 Å². The minimum Gasteiger partial charge on any atom is -0.329 e. The lowest BCUT2D eigenvalue weighted by Crippen LogP contribution is -2.57. The molecule has 1 aliphatic heterocycles. The third-order valence-electron chi connectivity index (χ3n) is 2.82. The van der Waals surface area contributed by atoms with Gasteiger partial charge in [0.05, 0.1) is 0 Å². The zero-order chi connectivity index (χ0) is 7.61. The largest absolute Gasteiger partial charge is 0.329 e. The summed E-state index contributed by atoms with van der Waals surface area (Å²) in [7, 11) is 0. The molecule has 1 fully saturated rings. The zero-order valence-electron chi connectivity index (χ0n) is 7.06. The molecule has 2 heteroatoms. The first-order valence-electron chi connectivity index (χ1n) is 4.18. The van der Waals surface area contributed by atoms with Crippen molar-refractivity contribution in [2.45, 2.75) is 32.2 Å². The van der Waals surface area contributed by atoms with Crippen molar-refractivity contribution in [3.05, 3.63) is 0 Å². The number of nitrogens with zero attached hydrogens (tertiary/aromatic N) is 1. The third kappa shape index (κ3) is 1.18. The van der Waals surface area contributed by atoms with E-state index < -0.39 is 0 Å². The molecule has 2 nitrogen and oxygen atoms in total. The number of rotatable bonds is 3. The Morgan fingerprint density at radius 1 is 1.50 bits per heavy atom. The van der Waals surface area contributed by atoms with Crippen LogP contribution in [0.1, 0.15) is 26.7 Å². The van der Waals surface area contributed by atoms with Crippen LogP contribution in [0.4, 0.5) is 0 Å². The third-order valence-corrected chi connectivity index (χ3v) is 2.82. The van der Waals surface area contributed by atoms with E-state index in [2.05, 4.69) is 18.7 Å². The van der Waals surface area contributed by atoms with Crippen molar-refractivity contribution in [1.29, 1.82) is 0 Å². The van der Waals surface area contributed by atoms with Crippen LogP contribution in [0.15, 0.2) is 0 Å². The smallest absolute Gasteiger partial charge is 0.0301 e. The molecule has 10 heavy (non-hydrogen) atoms. The van der Waals surface area contributed by atoms with Gasteiger partial charge in [0.2, 0.25) is 0 Å². The molecule has 0 spiro atoms. The zero-order valence-corrected chi connectivity index (χ0v) is 7.06. The van der Waals surface area contributed by atoms with E-state index in [0.29, 0.717) is 0 Å². The number of nitrogens with two attached hydrogens (primary N) is 1. The molecule has 60 valence electrons. The summed E-state index contributed by atoms with van der Waals surface area (Å²) in [6.45, 7) is 7.77. The summed E-state index contributed by atoms with van der Waals surface area (Å²) in [5.74, 6) is 0. The maximum Gasteiger partial charge on any atom is 0.0301 e. The van der Waals surface area contributed by atoms with E-state index >= 15 is 0 Å². The first-order valence-corrected chi connectivity index (χ1v) is 4.18. The van der Waals surface area contributed by atoms with Crippen LogP contribution in [-0.2, 0) is 0 Å². The van der Waals surface area contributed by atoms with E-state index in [1.54, 1.807) is 0 Å². The van der Waals surface area contributed by atoms with Gasteiger partial charge in [0.15, 0.2) is 0 Å². The second-order valence-electron chi connectivity index (χ2n) is 3.40. The Labute approximate surface area is 63.4 Å². The molecular formula is C8H18N2. The Balaban J connectivity index is 2.44. The van der Waals surface area contributed by atoms with Crippen molar-refractivity contribution >= 4 is 0 Å². The molecule has 1 saturated heterocycles. The van der Waals surface area contributed by atoms with Gasteiger partial charge in [0.1, 0.15) is 0 Å². The van der Waals surface area contributed by atoms with Crippen LogP contribution in [0.5, 0.6) is 0 Å². The molecule has 0 aromatic heterocycles. The van der Waals surface area contributed by atoms with Crippen molar-refractivity contribution in [2.75, 3.05) is 19.6 Å². The van der Waals surface area contributed by atoms with Gasteiger partial charge in [0.25, 0.3) is 0 Å². The molecule has 0 aromatic carbocycles. The summed E-state index contributed by atoms with van der Waals surface area (Å²) < 4.78 is 0. The number of hydrogen-bond acceptors (Lipinski definition) is 2. The molecule has 1 heterocycles. The van der Waals surface area contributed by atoms with E-state index in [1.807, 2.05) is 0 Å². The molecule has 0 radical (unpaired) electrons. The highest BCUT2D eigenvalue weighted by atomic mass is 15.2. The molecule has 1 unspecified atom stereocenters. The van der Waals surface area contributed by atoms with E-state index in [-0.39, 0.29) is 5.54 Å². The van der Waals surface area contributed by atoms with Crippen LogP contribution in [0.2, 0.25) is 0 Å². The summed E-state index contributed by atoms with van der Waals surface area (Å²) in [5.41, 5.74) is 5.98. The average molecular weight is 142 g/mol. The average Bonchev–Trinajstić information content (AvgIpc) is 1.84. The molecule has 2 N–H and O–H groups in total. The second kappa shape index (κ2) is 2.89.